The van der Waals surface area contributed by atoms with Crippen molar-refractivity contribution in [1.82, 2.24) is 24.3 Å². The second-order valence-corrected chi connectivity index (χ2v) is 5.44. The van der Waals surface area contributed by atoms with Gasteiger partial charge in [0, 0.05) is 6.20 Å². The van der Waals surface area contributed by atoms with Gasteiger partial charge in [0.2, 0.25) is 5.91 Å². The van der Waals surface area contributed by atoms with E-state index in [9.17, 15) is 9.59 Å². The Morgan fingerprint density at radius 1 is 1.16 bits per heavy atom. The van der Waals surface area contributed by atoms with Crippen LogP contribution in [0.1, 0.15) is 0 Å². The van der Waals surface area contributed by atoms with Crippen LogP contribution in [0.3, 0.4) is 0 Å². The zero-order chi connectivity index (χ0) is 17.2. The van der Waals surface area contributed by atoms with Gasteiger partial charge in [-0.05, 0) is 24.3 Å². The van der Waals surface area contributed by atoms with Gasteiger partial charge < -0.3 is 10.3 Å². The predicted molar refractivity (Wildman–Crippen MR) is 92.5 cm³/mol. The van der Waals surface area contributed by atoms with E-state index in [4.69, 9.17) is 0 Å². The van der Waals surface area contributed by atoms with Crippen molar-refractivity contribution in [1.29, 1.82) is 0 Å². The summed E-state index contributed by atoms with van der Waals surface area (Å²) in [5.41, 5.74) is 1.60. The molecule has 3 heterocycles. The number of para-hydroxylation sites is 2. The van der Waals surface area contributed by atoms with Crippen LogP contribution in [0.4, 0.5) is 5.69 Å². The Hall–Kier alpha value is -3.68. The second-order valence-electron chi connectivity index (χ2n) is 5.44. The van der Waals surface area contributed by atoms with Crippen LogP contribution in [-0.2, 0) is 11.3 Å². The number of anilines is 1. The first kappa shape index (κ1) is 14.9. The van der Waals surface area contributed by atoms with E-state index in [1.807, 2.05) is 30.3 Å². The summed E-state index contributed by atoms with van der Waals surface area (Å²) in [5.74, 6) is 0.336. The topological polar surface area (TPSA) is 97.6 Å². The molecule has 0 aliphatic heterocycles. The molecule has 0 bridgehead atoms. The Kier molecular flexibility index (Phi) is 3.62. The molecule has 8 heteroatoms. The van der Waals surface area contributed by atoms with Crippen LogP contribution in [0.5, 0.6) is 0 Å². The van der Waals surface area contributed by atoms with Crippen LogP contribution in [0.15, 0.2) is 65.8 Å². The van der Waals surface area contributed by atoms with Gasteiger partial charge in [0.05, 0.1) is 29.1 Å². The molecule has 25 heavy (non-hydrogen) atoms. The molecular formula is C17H14N6O2. The molecule has 1 amide bonds. The minimum absolute atomic E-state index is 0.0857. The molecule has 4 rings (SSSR count). The van der Waals surface area contributed by atoms with Crippen LogP contribution < -0.4 is 11.0 Å². The van der Waals surface area contributed by atoms with E-state index in [1.54, 1.807) is 29.2 Å². The highest BCUT2D eigenvalue weighted by atomic mass is 16.2. The van der Waals surface area contributed by atoms with Gasteiger partial charge in [-0.2, -0.15) is 5.10 Å². The molecule has 124 valence electrons. The van der Waals surface area contributed by atoms with Crippen molar-refractivity contribution in [2.45, 2.75) is 6.54 Å². The molecule has 0 aliphatic carbocycles. The third-order valence-electron chi connectivity index (χ3n) is 3.73. The number of amides is 1. The average Bonchev–Trinajstić information content (AvgIpc) is 3.21. The first-order valence-electron chi connectivity index (χ1n) is 7.64. The van der Waals surface area contributed by atoms with E-state index in [0.29, 0.717) is 22.5 Å². The number of nitrogens with zero attached hydrogens (tertiary/aromatic N) is 4. The first-order valence-corrected chi connectivity index (χ1v) is 7.64. The third kappa shape index (κ3) is 2.92. The van der Waals surface area contributed by atoms with Gasteiger partial charge in [0.15, 0.2) is 5.82 Å². The molecule has 3 aromatic heterocycles. The van der Waals surface area contributed by atoms with E-state index >= 15 is 0 Å². The Morgan fingerprint density at radius 2 is 2.00 bits per heavy atom. The number of carbonyl (C=O) groups is 1. The number of hydrogen-bond acceptors (Lipinski definition) is 4. The molecule has 0 unspecified atom stereocenters. The van der Waals surface area contributed by atoms with E-state index < -0.39 is 0 Å². The van der Waals surface area contributed by atoms with E-state index in [-0.39, 0.29) is 18.1 Å². The van der Waals surface area contributed by atoms with Crippen molar-refractivity contribution in [2.24, 2.45) is 0 Å². The number of hydrogen-bond donors (Lipinski definition) is 2. The molecule has 4 aromatic rings. The highest BCUT2D eigenvalue weighted by Gasteiger charge is 2.11. The van der Waals surface area contributed by atoms with Crippen molar-refractivity contribution >= 4 is 22.6 Å². The van der Waals surface area contributed by atoms with Crippen molar-refractivity contribution in [3.05, 3.63) is 71.5 Å². The van der Waals surface area contributed by atoms with Crippen molar-refractivity contribution in [3.8, 4) is 5.82 Å². The summed E-state index contributed by atoms with van der Waals surface area (Å²) in [6.45, 7) is -0.0857. The molecule has 0 fully saturated rings. The summed E-state index contributed by atoms with van der Waals surface area (Å²) < 4.78 is 2.96. The fourth-order valence-electron chi connectivity index (χ4n) is 2.61. The molecule has 0 saturated heterocycles. The Labute approximate surface area is 141 Å². The third-order valence-corrected chi connectivity index (χ3v) is 3.73. The second kappa shape index (κ2) is 6.08. The van der Waals surface area contributed by atoms with Gasteiger partial charge in [-0.15, -0.1) is 0 Å². The van der Waals surface area contributed by atoms with Gasteiger partial charge in [0.25, 0.3) is 0 Å². The predicted octanol–water partition coefficient (Wildman–Crippen LogP) is 1.55. The van der Waals surface area contributed by atoms with Crippen LogP contribution in [-0.4, -0.2) is 30.2 Å². The zero-order valence-corrected chi connectivity index (χ0v) is 13.1. The van der Waals surface area contributed by atoms with Crippen molar-refractivity contribution in [2.75, 3.05) is 5.32 Å². The number of imidazole rings is 1. The van der Waals surface area contributed by atoms with Gasteiger partial charge in [-0.3, -0.25) is 9.36 Å². The molecule has 8 nitrogen and oxygen atoms in total. The van der Waals surface area contributed by atoms with E-state index in [2.05, 4.69) is 20.4 Å². The lowest BCUT2D eigenvalue weighted by molar-refractivity contribution is -0.116. The number of fused-ring (bicyclic) bond motifs is 1. The van der Waals surface area contributed by atoms with E-state index in [1.165, 1.54) is 10.8 Å². The van der Waals surface area contributed by atoms with Crippen LogP contribution in [0.25, 0.3) is 16.9 Å². The lowest BCUT2D eigenvalue weighted by Gasteiger charge is -2.04. The molecule has 0 aliphatic rings. The molecule has 0 saturated carbocycles. The standard InChI is InChI=1S/C17H14N6O2/c24-16(11-22-14-6-2-1-5-13(14)21-17(22)25)20-12-9-19-23(10-12)15-7-3-4-8-18-15/h1-10H,11H2,(H,20,24)(H,21,25). The van der Waals surface area contributed by atoms with Crippen molar-refractivity contribution in [3.63, 3.8) is 0 Å². The van der Waals surface area contributed by atoms with Crippen LogP contribution in [0.2, 0.25) is 0 Å². The van der Waals surface area contributed by atoms with E-state index in [0.717, 1.165) is 0 Å². The number of rotatable bonds is 4. The number of pyridine rings is 1. The van der Waals surface area contributed by atoms with Crippen LogP contribution >= 0.6 is 0 Å². The Morgan fingerprint density at radius 3 is 2.84 bits per heavy atom. The summed E-state index contributed by atoms with van der Waals surface area (Å²) in [6, 6.07) is 12.7. The number of benzene rings is 1. The lowest BCUT2D eigenvalue weighted by atomic mass is 10.3. The molecule has 1 aromatic carbocycles. The van der Waals surface area contributed by atoms with Gasteiger partial charge in [-0.25, -0.2) is 14.5 Å². The normalized spacial score (nSPS) is 10.9. The number of nitrogens with one attached hydrogen (secondary N) is 2. The summed E-state index contributed by atoms with van der Waals surface area (Å²) in [6.07, 6.45) is 4.86. The monoisotopic (exact) mass is 334 g/mol. The quantitative estimate of drug-likeness (QED) is 0.591. The minimum Gasteiger partial charge on any atom is -0.322 e. The highest BCUT2D eigenvalue weighted by molar-refractivity contribution is 5.91. The summed E-state index contributed by atoms with van der Waals surface area (Å²) in [4.78, 5) is 31.2. The molecule has 0 atom stereocenters. The molecule has 0 spiro atoms. The Balaban J connectivity index is 1.52. The average molecular weight is 334 g/mol. The SMILES string of the molecule is O=C(Cn1c(=O)[nH]c2ccccc21)Nc1cnn(-c2ccccn2)c1. The maximum atomic E-state index is 12.3. The fraction of sp³-hybridized carbons (Fsp3) is 0.0588. The smallest absolute Gasteiger partial charge is 0.322 e. The number of aromatic nitrogens is 5. The number of carbonyl (C=O) groups excluding carboxylic acids is 1. The fourth-order valence-corrected chi connectivity index (χ4v) is 2.61. The summed E-state index contributed by atoms with van der Waals surface area (Å²) in [7, 11) is 0. The van der Waals surface area contributed by atoms with Crippen molar-refractivity contribution < 1.29 is 4.79 Å². The zero-order valence-electron chi connectivity index (χ0n) is 13.1. The summed E-state index contributed by atoms with van der Waals surface area (Å²) >= 11 is 0. The summed E-state index contributed by atoms with van der Waals surface area (Å²) in [5, 5.41) is 6.91. The maximum absolute atomic E-state index is 12.3. The largest absolute Gasteiger partial charge is 0.326 e. The Bertz CT molecular complexity index is 1090. The van der Waals surface area contributed by atoms with Crippen LogP contribution in [0, 0.1) is 0 Å². The van der Waals surface area contributed by atoms with Gasteiger partial charge >= 0.3 is 5.69 Å². The highest BCUT2D eigenvalue weighted by Crippen LogP contribution is 2.11. The van der Waals surface area contributed by atoms with Gasteiger partial charge in [-0.1, -0.05) is 18.2 Å². The lowest BCUT2D eigenvalue weighted by Crippen LogP contribution is -2.25. The molecular weight excluding hydrogens is 320 g/mol. The number of aromatic amines is 1. The molecule has 0 radical (unpaired) electrons. The number of H-pyrrole nitrogens is 1. The minimum atomic E-state index is -0.319. The molecule has 2 N–H and O–H groups in total. The van der Waals surface area contributed by atoms with Gasteiger partial charge in [0.1, 0.15) is 6.54 Å². The maximum Gasteiger partial charge on any atom is 0.326 e. The first-order chi connectivity index (χ1) is 12.2.